The van der Waals surface area contributed by atoms with E-state index in [1.165, 1.54) is 154 Å². The molecular weight excluding hydrogens is 1270 g/mol. The average molecular weight is 1420 g/mol. The molecular formula is C87H147NO13. The van der Waals surface area contributed by atoms with Crippen LogP contribution in [0.15, 0.2) is 146 Å². The number of carbonyl (C=O) groups excluding carboxylic acids is 1. The summed E-state index contributed by atoms with van der Waals surface area (Å²) in [6.07, 6.45) is 87.4. The lowest BCUT2D eigenvalue weighted by Gasteiger charge is -2.46. The van der Waals surface area contributed by atoms with Gasteiger partial charge in [-0.2, -0.15) is 0 Å². The van der Waals surface area contributed by atoms with Crippen molar-refractivity contribution in [2.45, 2.75) is 376 Å². The Kier molecular flexibility index (Phi) is 63.5. The van der Waals surface area contributed by atoms with Crippen molar-refractivity contribution in [3.63, 3.8) is 0 Å². The SMILES string of the molecule is CC/C=C\C/C=C\C/C=C\C/C=C\C/C=C\C/C=C\C/C=C\C/C=C\C/C=C\C/C=C\C/C=C\C/C=C\CCCCC(=O)NC(COC1OC(CO)C(OC2OC(CO)C(O)C(O)C2O)C(O)C1O)C(O)CCCCCCCCCCCCCCCCCCCCCCCCCCCCCC. The van der Waals surface area contributed by atoms with Crippen molar-refractivity contribution in [1.82, 2.24) is 5.32 Å². The standard InChI is InChI=1S/C87H147NO13/c1-3-5-7-9-11-13-15-17-19-21-23-25-27-29-31-33-34-35-36-37-38-39-40-41-42-43-45-47-49-51-53-55-57-59-61-63-65-67-69-71-79(92)88-75(74-98-86-84(97)82(95)85(78(73-90)100-86)101-87-83(96)81(94)80(93)77(72-89)99-87)76(91)70-68-66-64-62-60-58-56-54-52-50-48-46-44-32-30-28-26-24-22-20-18-16-14-12-10-8-6-4-2/h5,7,11,13,17,19,23,25,29,31,34-35,37-38,40-41,43,45,49,51,55,57,61,63,75-78,80-87,89-91,93-97H,3-4,6,8-10,12,14-16,18,20-22,24,26-28,30,32-33,36,39,42,44,46-48,50,52-54,56,58-60,62,64-74H2,1-2H3,(H,88,92)/b7-5-,13-11-,19-17-,25-23-,31-29-,35-34-,38-37-,41-40-,45-43-,51-49-,57-55-,63-61-. The first kappa shape index (κ1) is 93.0. The fourth-order valence-corrected chi connectivity index (χ4v) is 12.5. The summed E-state index contributed by atoms with van der Waals surface area (Å²) in [5.41, 5.74) is 0. The Morgan fingerprint density at radius 1 is 0.366 bits per heavy atom. The first-order valence-corrected chi connectivity index (χ1v) is 40.6. The summed E-state index contributed by atoms with van der Waals surface area (Å²) in [5, 5.41) is 87.8. The zero-order chi connectivity index (χ0) is 73.0. The Bertz CT molecular complexity index is 2260. The van der Waals surface area contributed by atoms with Crippen LogP contribution in [0.5, 0.6) is 0 Å². The minimum Gasteiger partial charge on any atom is -0.394 e. The van der Waals surface area contributed by atoms with Crippen LogP contribution in [0.3, 0.4) is 0 Å². The second kappa shape index (κ2) is 68.9. The lowest BCUT2D eigenvalue weighted by atomic mass is 9.97. The lowest BCUT2D eigenvalue weighted by Crippen LogP contribution is -2.65. The van der Waals surface area contributed by atoms with Crippen molar-refractivity contribution in [1.29, 1.82) is 0 Å². The molecule has 12 unspecified atom stereocenters. The van der Waals surface area contributed by atoms with Crippen molar-refractivity contribution >= 4 is 5.91 Å². The van der Waals surface area contributed by atoms with Crippen LogP contribution in [0.25, 0.3) is 0 Å². The van der Waals surface area contributed by atoms with E-state index in [4.69, 9.17) is 18.9 Å². The quantitative estimate of drug-likeness (QED) is 0.0204. The molecule has 0 aromatic carbocycles. The lowest BCUT2D eigenvalue weighted by molar-refractivity contribution is -0.359. The minimum absolute atomic E-state index is 0.240. The first-order valence-electron chi connectivity index (χ1n) is 40.6. The third-order valence-corrected chi connectivity index (χ3v) is 18.8. The van der Waals surface area contributed by atoms with Gasteiger partial charge in [-0.15, -0.1) is 0 Å². The second-order valence-electron chi connectivity index (χ2n) is 27.8. The van der Waals surface area contributed by atoms with Gasteiger partial charge in [0, 0.05) is 6.42 Å². The van der Waals surface area contributed by atoms with E-state index in [-0.39, 0.29) is 18.9 Å². The van der Waals surface area contributed by atoms with E-state index in [2.05, 4.69) is 165 Å². The van der Waals surface area contributed by atoms with Crippen LogP contribution in [-0.2, 0) is 23.7 Å². The molecule has 2 aliphatic rings. The fourth-order valence-electron chi connectivity index (χ4n) is 12.5. The number of amides is 1. The summed E-state index contributed by atoms with van der Waals surface area (Å²) < 4.78 is 22.9. The van der Waals surface area contributed by atoms with Crippen LogP contribution < -0.4 is 5.32 Å². The number of rotatable bonds is 66. The molecule has 0 aromatic heterocycles. The topological polar surface area (TPSA) is 228 Å². The number of aliphatic hydroxyl groups is 8. The predicted molar refractivity (Wildman–Crippen MR) is 419 cm³/mol. The van der Waals surface area contributed by atoms with Crippen LogP contribution in [0.2, 0.25) is 0 Å². The molecule has 2 heterocycles. The number of nitrogens with one attached hydrogen (secondary N) is 1. The van der Waals surface area contributed by atoms with Gasteiger partial charge in [-0.25, -0.2) is 0 Å². The number of hydrogen-bond donors (Lipinski definition) is 9. The highest BCUT2D eigenvalue weighted by Crippen LogP contribution is 2.30. The highest BCUT2D eigenvalue weighted by atomic mass is 16.7. The van der Waals surface area contributed by atoms with Gasteiger partial charge in [-0.1, -0.05) is 339 Å². The van der Waals surface area contributed by atoms with Crippen LogP contribution in [-0.4, -0.2) is 140 Å². The van der Waals surface area contributed by atoms with Crippen molar-refractivity contribution < 1.29 is 64.6 Å². The monoisotopic (exact) mass is 1410 g/mol. The van der Waals surface area contributed by atoms with Gasteiger partial charge in [0.2, 0.25) is 5.91 Å². The number of aliphatic hydroxyl groups excluding tert-OH is 8. The zero-order valence-corrected chi connectivity index (χ0v) is 63.3. The number of carbonyl (C=O) groups is 1. The van der Waals surface area contributed by atoms with Crippen LogP contribution >= 0.6 is 0 Å². The Labute approximate surface area is 614 Å². The summed E-state index contributed by atoms with van der Waals surface area (Å²) >= 11 is 0. The fraction of sp³-hybridized carbons (Fsp3) is 0.713. The maximum absolute atomic E-state index is 13.4. The molecule has 9 N–H and O–H groups in total. The molecule has 14 heteroatoms. The van der Waals surface area contributed by atoms with Gasteiger partial charge in [0.1, 0.15) is 48.8 Å². The molecule has 1 amide bonds. The van der Waals surface area contributed by atoms with Gasteiger partial charge in [-0.05, 0) is 103 Å². The van der Waals surface area contributed by atoms with E-state index in [0.29, 0.717) is 12.8 Å². The summed E-state index contributed by atoms with van der Waals surface area (Å²) in [7, 11) is 0. The number of allylic oxidation sites excluding steroid dienone is 24. The zero-order valence-electron chi connectivity index (χ0n) is 63.3. The van der Waals surface area contributed by atoms with Gasteiger partial charge in [0.05, 0.1) is 32.0 Å². The van der Waals surface area contributed by atoms with E-state index in [1.807, 2.05) is 0 Å². The normalized spacial score (nSPS) is 22.6. The average Bonchev–Trinajstić information content (AvgIpc) is 0.790. The summed E-state index contributed by atoms with van der Waals surface area (Å²) in [6, 6.07) is -0.866. The molecule has 578 valence electrons. The predicted octanol–water partition coefficient (Wildman–Crippen LogP) is 18.7. The summed E-state index contributed by atoms with van der Waals surface area (Å²) in [4.78, 5) is 13.4. The highest BCUT2D eigenvalue weighted by molar-refractivity contribution is 5.76. The molecule has 2 aliphatic heterocycles. The molecule has 2 fully saturated rings. The molecule has 0 aromatic rings. The molecule has 2 saturated heterocycles. The summed E-state index contributed by atoms with van der Waals surface area (Å²) in [5.74, 6) is -0.251. The number of unbranched alkanes of at least 4 members (excludes halogenated alkanes) is 29. The Hall–Kier alpha value is -4.13. The molecule has 2 rings (SSSR count). The van der Waals surface area contributed by atoms with Gasteiger partial charge < -0.3 is 65.1 Å². The van der Waals surface area contributed by atoms with Gasteiger partial charge in [0.15, 0.2) is 12.6 Å². The molecule has 12 atom stereocenters. The molecule has 0 bridgehead atoms. The van der Waals surface area contributed by atoms with Gasteiger partial charge in [-0.3, -0.25) is 4.79 Å². The van der Waals surface area contributed by atoms with Gasteiger partial charge in [0.25, 0.3) is 0 Å². The maximum atomic E-state index is 13.4. The Morgan fingerprint density at radius 2 is 0.683 bits per heavy atom. The Balaban J connectivity index is 1.65. The second-order valence-corrected chi connectivity index (χ2v) is 27.8. The van der Waals surface area contributed by atoms with Crippen molar-refractivity contribution in [3.05, 3.63) is 146 Å². The molecule has 0 spiro atoms. The van der Waals surface area contributed by atoms with Crippen molar-refractivity contribution in [2.75, 3.05) is 19.8 Å². The molecule has 101 heavy (non-hydrogen) atoms. The van der Waals surface area contributed by atoms with E-state index in [1.54, 1.807) is 0 Å². The highest BCUT2D eigenvalue weighted by Gasteiger charge is 2.51. The molecule has 0 radical (unpaired) electrons. The first-order chi connectivity index (χ1) is 49.6. The van der Waals surface area contributed by atoms with Crippen LogP contribution in [0, 0.1) is 0 Å². The molecule has 0 aliphatic carbocycles. The van der Waals surface area contributed by atoms with Crippen LogP contribution in [0.1, 0.15) is 303 Å². The minimum atomic E-state index is -1.80. The van der Waals surface area contributed by atoms with Crippen molar-refractivity contribution in [3.8, 4) is 0 Å². The largest absolute Gasteiger partial charge is 0.394 e. The molecule has 0 saturated carbocycles. The summed E-state index contributed by atoms with van der Waals surface area (Å²) in [6.45, 7) is 2.75. The molecule has 14 nitrogen and oxygen atoms in total. The van der Waals surface area contributed by atoms with Crippen LogP contribution in [0.4, 0.5) is 0 Å². The number of hydrogen-bond acceptors (Lipinski definition) is 13. The van der Waals surface area contributed by atoms with E-state index in [0.717, 1.165) is 116 Å². The van der Waals surface area contributed by atoms with Gasteiger partial charge >= 0.3 is 0 Å². The third-order valence-electron chi connectivity index (χ3n) is 18.8. The maximum Gasteiger partial charge on any atom is 0.220 e. The Morgan fingerprint density at radius 3 is 1.03 bits per heavy atom. The van der Waals surface area contributed by atoms with E-state index >= 15 is 0 Å². The van der Waals surface area contributed by atoms with Crippen molar-refractivity contribution in [2.24, 2.45) is 0 Å². The number of ether oxygens (including phenoxy) is 4. The van der Waals surface area contributed by atoms with E-state index < -0.39 is 86.8 Å². The smallest absolute Gasteiger partial charge is 0.220 e. The third kappa shape index (κ3) is 51.7. The van der Waals surface area contributed by atoms with E-state index in [9.17, 15) is 45.6 Å².